The van der Waals surface area contributed by atoms with Gasteiger partial charge >= 0.3 is 0 Å². The first-order valence-corrected chi connectivity index (χ1v) is 7.78. The van der Waals surface area contributed by atoms with Gasteiger partial charge in [-0.1, -0.05) is 26.0 Å². The summed E-state index contributed by atoms with van der Waals surface area (Å²) in [6, 6.07) is 7.76. The molecule has 0 aliphatic carbocycles. The van der Waals surface area contributed by atoms with Crippen LogP contribution in [0.3, 0.4) is 0 Å². The molecule has 124 valence electrons. The number of hydrogen-bond donors (Lipinski definition) is 2. The van der Waals surface area contributed by atoms with Gasteiger partial charge in [-0.05, 0) is 31.2 Å². The average molecular weight is 307 g/mol. The third-order valence-electron chi connectivity index (χ3n) is 3.35. The van der Waals surface area contributed by atoms with Gasteiger partial charge in [0, 0.05) is 32.2 Å². The van der Waals surface area contributed by atoms with Crippen LogP contribution in [-0.4, -0.2) is 39.4 Å². The van der Waals surface area contributed by atoms with E-state index in [2.05, 4.69) is 10.2 Å². The first-order valence-electron chi connectivity index (χ1n) is 7.78. The minimum absolute atomic E-state index is 0.345. The van der Waals surface area contributed by atoms with Crippen molar-refractivity contribution in [2.24, 2.45) is 5.73 Å². The topological polar surface area (TPSA) is 75.4 Å². The number of primary amides is 1. The molecule has 0 saturated carbocycles. The molecule has 0 heterocycles. The summed E-state index contributed by atoms with van der Waals surface area (Å²) in [5.41, 5.74) is 7.35. The minimum Gasteiger partial charge on any atom is -0.373 e. The fraction of sp³-hybridized carbons (Fsp3) is 0.529. The lowest BCUT2D eigenvalue weighted by atomic mass is 9.93. The molecule has 0 spiro atoms. The van der Waals surface area contributed by atoms with Gasteiger partial charge < -0.3 is 20.7 Å². The van der Waals surface area contributed by atoms with Crippen LogP contribution in [-0.2, 0) is 9.59 Å². The van der Waals surface area contributed by atoms with Crippen LogP contribution in [0.25, 0.3) is 0 Å². The third kappa shape index (κ3) is 6.72. The van der Waals surface area contributed by atoms with E-state index in [-0.39, 0.29) is 5.91 Å². The van der Waals surface area contributed by atoms with Gasteiger partial charge in [0.25, 0.3) is 0 Å². The summed E-state index contributed by atoms with van der Waals surface area (Å²) in [5.74, 6) is -0.778. The molecule has 0 radical (unpaired) electrons. The fourth-order valence-electron chi connectivity index (χ4n) is 2.08. The Morgan fingerprint density at radius 1 is 1.32 bits per heavy atom. The van der Waals surface area contributed by atoms with Crippen molar-refractivity contribution in [1.29, 1.82) is 0 Å². The van der Waals surface area contributed by atoms with Gasteiger partial charge in [0.05, 0.1) is 5.92 Å². The Hall–Kier alpha value is -1.88. The molecular formula is C17H29N3O2. The largest absolute Gasteiger partial charge is 0.373 e. The van der Waals surface area contributed by atoms with E-state index >= 15 is 0 Å². The quantitative estimate of drug-likeness (QED) is 0.683. The fourth-order valence-corrected chi connectivity index (χ4v) is 2.08. The molecule has 1 unspecified atom stereocenters. The number of carbonyl (C=O) groups excluding carboxylic acids is 2. The highest BCUT2D eigenvalue weighted by atomic mass is 16.1. The standard InChI is InChI=1S/C15H23N3O2.C2H6/c1-17-9-10-18(2)13-7-5-12(6-8-13)14(15(16)20)4-3-11-19;1-2/h5-8,11,14,17H,3-4,9-10H2,1-2H3,(H2,16,20);1-2H3. The van der Waals surface area contributed by atoms with E-state index < -0.39 is 5.92 Å². The molecule has 5 nitrogen and oxygen atoms in total. The number of nitrogens with one attached hydrogen (secondary N) is 1. The molecule has 0 bridgehead atoms. The zero-order chi connectivity index (χ0) is 17.0. The van der Waals surface area contributed by atoms with E-state index in [0.717, 1.165) is 30.6 Å². The smallest absolute Gasteiger partial charge is 0.224 e. The Morgan fingerprint density at radius 2 is 1.91 bits per heavy atom. The SMILES string of the molecule is CC.CNCCN(C)c1ccc(C(CCC=O)C(N)=O)cc1. The predicted octanol–water partition coefficient (Wildman–Crippen LogP) is 1.92. The van der Waals surface area contributed by atoms with Crippen LogP contribution in [0, 0.1) is 0 Å². The Kier molecular flexibility index (Phi) is 10.7. The molecule has 1 aromatic rings. The molecule has 3 N–H and O–H groups in total. The average Bonchev–Trinajstić information content (AvgIpc) is 2.55. The molecule has 1 atom stereocenters. The lowest BCUT2D eigenvalue weighted by molar-refractivity contribution is -0.119. The maximum atomic E-state index is 11.5. The van der Waals surface area contributed by atoms with E-state index in [1.54, 1.807) is 0 Å². The summed E-state index contributed by atoms with van der Waals surface area (Å²) >= 11 is 0. The highest BCUT2D eigenvalue weighted by molar-refractivity contribution is 5.82. The van der Waals surface area contributed by atoms with Gasteiger partial charge in [-0.2, -0.15) is 0 Å². The lowest BCUT2D eigenvalue weighted by Gasteiger charge is -2.20. The van der Waals surface area contributed by atoms with Crippen LogP contribution >= 0.6 is 0 Å². The normalized spacial score (nSPS) is 11.1. The van der Waals surface area contributed by atoms with Crippen molar-refractivity contribution >= 4 is 17.9 Å². The maximum Gasteiger partial charge on any atom is 0.224 e. The lowest BCUT2D eigenvalue weighted by Crippen LogP contribution is -2.27. The van der Waals surface area contributed by atoms with Crippen molar-refractivity contribution in [3.05, 3.63) is 29.8 Å². The Morgan fingerprint density at radius 3 is 2.36 bits per heavy atom. The van der Waals surface area contributed by atoms with Gasteiger partial charge in [-0.25, -0.2) is 0 Å². The molecule has 0 fully saturated rings. The van der Waals surface area contributed by atoms with E-state index in [1.165, 1.54) is 0 Å². The second kappa shape index (κ2) is 11.7. The highest BCUT2D eigenvalue weighted by Gasteiger charge is 2.17. The van der Waals surface area contributed by atoms with Gasteiger partial charge in [0.2, 0.25) is 5.91 Å². The first-order chi connectivity index (χ1) is 10.6. The Balaban J connectivity index is 0.00000211. The van der Waals surface area contributed by atoms with Gasteiger partial charge in [-0.15, -0.1) is 0 Å². The maximum absolute atomic E-state index is 11.5. The summed E-state index contributed by atoms with van der Waals surface area (Å²) in [4.78, 5) is 24.0. The monoisotopic (exact) mass is 307 g/mol. The number of carbonyl (C=O) groups is 2. The molecule has 0 aliphatic rings. The molecule has 1 aromatic carbocycles. The van der Waals surface area contributed by atoms with E-state index in [1.807, 2.05) is 52.2 Å². The molecule has 0 aliphatic heterocycles. The Labute approximate surface area is 133 Å². The molecule has 0 saturated heterocycles. The number of aldehydes is 1. The highest BCUT2D eigenvalue weighted by Crippen LogP contribution is 2.23. The summed E-state index contributed by atoms with van der Waals surface area (Å²) in [5, 5.41) is 3.10. The van der Waals surface area contributed by atoms with Crippen molar-refractivity contribution in [1.82, 2.24) is 5.32 Å². The number of nitrogens with two attached hydrogens (primary N) is 1. The summed E-state index contributed by atoms with van der Waals surface area (Å²) in [7, 11) is 3.94. The summed E-state index contributed by atoms with van der Waals surface area (Å²) in [6.45, 7) is 5.81. The molecule has 1 rings (SSSR count). The van der Waals surface area contributed by atoms with Crippen LogP contribution in [0.5, 0.6) is 0 Å². The van der Waals surface area contributed by atoms with Crippen LogP contribution in [0.2, 0.25) is 0 Å². The van der Waals surface area contributed by atoms with Crippen molar-refractivity contribution in [3.63, 3.8) is 0 Å². The van der Waals surface area contributed by atoms with Gasteiger partial charge in [0.15, 0.2) is 0 Å². The van der Waals surface area contributed by atoms with Crippen molar-refractivity contribution in [3.8, 4) is 0 Å². The zero-order valence-electron chi connectivity index (χ0n) is 14.1. The molecular weight excluding hydrogens is 278 g/mol. The summed E-state index contributed by atoms with van der Waals surface area (Å²) < 4.78 is 0. The number of rotatable bonds is 9. The molecule has 0 aromatic heterocycles. The number of anilines is 1. The van der Waals surface area contributed by atoms with E-state index in [4.69, 9.17) is 5.73 Å². The summed E-state index contributed by atoms with van der Waals surface area (Å²) in [6.07, 6.45) is 1.63. The third-order valence-corrected chi connectivity index (χ3v) is 3.35. The van der Waals surface area contributed by atoms with Gasteiger partial charge in [-0.3, -0.25) is 4.79 Å². The molecule has 22 heavy (non-hydrogen) atoms. The van der Waals surface area contributed by atoms with Crippen LogP contribution < -0.4 is 16.0 Å². The van der Waals surface area contributed by atoms with Crippen LogP contribution in [0.1, 0.15) is 38.2 Å². The van der Waals surface area contributed by atoms with Gasteiger partial charge in [0.1, 0.15) is 6.29 Å². The number of likely N-dealkylation sites (N-methyl/N-ethyl adjacent to an activating group) is 2. The van der Waals surface area contributed by atoms with Crippen LogP contribution in [0.15, 0.2) is 24.3 Å². The number of benzene rings is 1. The van der Waals surface area contributed by atoms with Crippen molar-refractivity contribution < 1.29 is 9.59 Å². The van der Waals surface area contributed by atoms with Crippen molar-refractivity contribution in [2.45, 2.75) is 32.6 Å². The second-order valence-electron chi connectivity index (χ2n) is 4.82. The predicted molar refractivity (Wildman–Crippen MR) is 92.2 cm³/mol. The van der Waals surface area contributed by atoms with E-state index in [0.29, 0.717) is 12.8 Å². The first kappa shape index (κ1) is 20.1. The van der Waals surface area contributed by atoms with E-state index in [9.17, 15) is 9.59 Å². The van der Waals surface area contributed by atoms with Crippen LogP contribution in [0.4, 0.5) is 5.69 Å². The number of amides is 1. The van der Waals surface area contributed by atoms with Crippen molar-refractivity contribution in [2.75, 3.05) is 32.1 Å². The number of nitrogens with zero attached hydrogens (tertiary/aromatic N) is 1. The number of hydrogen-bond acceptors (Lipinski definition) is 4. The zero-order valence-corrected chi connectivity index (χ0v) is 14.1. The second-order valence-corrected chi connectivity index (χ2v) is 4.82. The Bertz CT molecular complexity index is 432. The molecule has 5 heteroatoms. The minimum atomic E-state index is -0.392. The molecule has 1 amide bonds.